The molecule has 2 aromatic rings. The van der Waals surface area contributed by atoms with Gasteiger partial charge in [-0.15, -0.1) is 0 Å². The number of hydrogen-bond acceptors (Lipinski definition) is 3. The number of alkyl halides is 3. The van der Waals surface area contributed by atoms with Crippen LogP contribution in [0.25, 0.3) is 11.1 Å². The molecule has 0 bridgehead atoms. The van der Waals surface area contributed by atoms with Crippen LogP contribution in [-0.2, 0) is 4.84 Å². The highest BCUT2D eigenvalue weighted by atomic mass is 19.4. The van der Waals surface area contributed by atoms with E-state index in [0.717, 1.165) is 11.1 Å². The molecule has 0 saturated heterocycles. The Hall–Kier alpha value is -2.41. The van der Waals surface area contributed by atoms with Crippen molar-refractivity contribution >= 4 is 5.71 Å². The first kappa shape index (κ1) is 15.5. The lowest BCUT2D eigenvalue weighted by Gasteiger charge is -2.22. The molecule has 1 N–H and O–H groups in total. The first-order valence-corrected chi connectivity index (χ1v) is 6.69. The Bertz CT molecular complexity index is 738. The summed E-state index contributed by atoms with van der Waals surface area (Å²) in [6.07, 6.45) is -5.70. The van der Waals surface area contributed by atoms with Crippen LogP contribution in [0.15, 0.2) is 53.7 Å². The van der Waals surface area contributed by atoms with Gasteiger partial charge >= 0.3 is 12.0 Å². The maximum atomic E-state index is 12.9. The van der Waals surface area contributed by atoms with E-state index in [1.54, 1.807) is 36.4 Å². The molecule has 1 aliphatic heterocycles. The lowest BCUT2D eigenvalue weighted by atomic mass is 9.99. The van der Waals surface area contributed by atoms with Crippen LogP contribution in [0, 0.1) is 5.82 Å². The van der Waals surface area contributed by atoms with Crippen LogP contribution in [0.4, 0.5) is 17.6 Å². The van der Waals surface area contributed by atoms with Gasteiger partial charge in [-0.1, -0.05) is 41.6 Å². The predicted molar refractivity (Wildman–Crippen MR) is 75.1 cm³/mol. The molecule has 1 aliphatic rings. The van der Waals surface area contributed by atoms with Gasteiger partial charge in [0, 0.05) is 0 Å². The third-order valence-corrected chi connectivity index (χ3v) is 3.55. The molecule has 7 heteroatoms. The average molecular weight is 325 g/mol. The number of nitrogens with zero attached hydrogens (tertiary/aromatic N) is 1. The maximum absolute atomic E-state index is 12.9. The van der Waals surface area contributed by atoms with Crippen molar-refractivity contribution in [2.24, 2.45) is 5.16 Å². The second-order valence-corrected chi connectivity index (χ2v) is 5.17. The van der Waals surface area contributed by atoms with Gasteiger partial charge in [-0.2, -0.15) is 13.2 Å². The van der Waals surface area contributed by atoms with Gasteiger partial charge in [0.15, 0.2) is 0 Å². The molecule has 0 saturated carbocycles. The minimum absolute atomic E-state index is 0.00970. The Kier molecular flexibility index (Phi) is 3.60. The Morgan fingerprint density at radius 2 is 1.39 bits per heavy atom. The first-order valence-electron chi connectivity index (χ1n) is 6.69. The minimum Gasteiger partial charge on any atom is -0.350 e. The number of hydrogen-bond donors (Lipinski definition) is 1. The Labute approximate surface area is 128 Å². The van der Waals surface area contributed by atoms with Gasteiger partial charge in [0.05, 0.1) is 12.1 Å². The average Bonchev–Trinajstić information content (AvgIpc) is 2.92. The summed E-state index contributed by atoms with van der Waals surface area (Å²) in [7, 11) is 0. The topological polar surface area (TPSA) is 41.8 Å². The smallest absolute Gasteiger partial charge is 0.350 e. The van der Waals surface area contributed by atoms with Crippen molar-refractivity contribution in [1.82, 2.24) is 0 Å². The molecule has 2 aromatic carbocycles. The molecule has 1 atom stereocenters. The fourth-order valence-corrected chi connectivity index (χ4v) is 2.23. The van der Waals surface area contributed by atoms with Crippen LogP contribution in [0.2, 0.25) is 0 Å². The zero-order valence-electron chi connectivity index (χ0n) is 11.6. The highest BCUT2D eigenvalue weighted by molar-refractivity contribution is 6.01. The zero-order chi connectivity index (χ0) is 16.7. The minimum atomic E-state index is -4.92. The summed E-state index contributed by atoms with van der Waals surface area (Å²) < 4.78 is 50.9. The van der Waals surface area contributed by atoms with Gasteiger partial charge in [0.2, 0.25) is 0 Å². The van der Waals surface area contributed by atoms with Crippen molar-refractivity contribution in [1.29, 1.82) is 0 Å². The molecule has 23 heavy (non-hydrogen) atoms. The van der Waals surface area contributed by atoms with Crippen molar-refractivity contribution in [2.75, 3.05) is 0 Å². The van der Waals surface area contributed by atoms with Crippen LogP contribution < -0.4 is 0 Å². The van der Waals surface area contributed by atoms with E-state index in [0.29, 0.717) is 5.56 Å². The molecule has 0 amide bonds. The standard InChI is InChI=1S/C16H11F4NO2/c17-13-7-5-11(6-8-13)10-1-3-12(4-2-10)14-9-15(22,23-21-14)16(18,19)20/h1-8,22H,9H2. The largest absolute Gasteiger partial charge is 0.458 e. The molecule has 1 unspecified atom stereocenters. The molecule has 0 aromatic heterocycles. The van der Waals surface area contributed by atoms with Gasteiger partial charge in [0.25, 0.3) is 0 Å². The van der Waals surface area contributed by atoms with Gasteiger partial charge in [-0.25, -0.2) is 4.39 Å². The molecule has 3 rings (SSSR count). The Balaban J connectivity index is 1.80. The summed E-state index contributed by atoms with van der Waals surface area (Å²) in [4.78, 5) is 4.18. The summed E-state index contributed by atoms with van der Waals surface area (Å²) in [5.74, 6) is -3.63. The number of rotatable bonds is 2. The van der Waals surface area contributed by atoms with E-state index in [1.165, 1.54) is 12.1 Å². The van der Waals surface area contributed by atoms with E-state index in [1.807, 2.05) is 0 Å². The summed E-state index contributed by atoms with van der Waals surface area (Å²) >= 11 is 0. The maximum Gasteiger partial charge on any atom is 0.458 e. The van der Waals surface area contributed by atoms with Crippen LogP contribution >= 0.6 is 0 Å². The predicted octanol–water partition coefficient (Wildman–Crippen LogP) is 3.87. The molecule has 0 fully saturated rings. The molecule has 0 aliphatic carbocycles. The number of halogens is 4. The normalized spacial score (nSPS) is 21.0. The first-order chi connectivity index (χ1) is 10.8. The highest BCUT2D eigenvalue weighted by Crippen LogP contribution is 2.39. The van der Waals surface area contributed by atoms with E-state index in [2.05, 4.69) is 9.99 Å². The fourth-order valence-electron chi connectivity index (χ4n) is 2.23. The van der Waals surface area contributed by atoms with Crippen molar-refractivity contribution in [3.8, 4) is 11.1 Å². The lowest BCUT2D eigenvalue weighted by Crippen LogP contribution is -2.45. The van der Waals surface area contributed by atoms with E-state index in [-0.39, 0.29) is 11.5 Å². The molecular weight excluding hydrogens is 314 g/mol. The van der Waals surface area contributed by atoms with Gasteiger partial charge < -0.3 is 9.94 Å². The van der Waals surface area contributed by atoms with E-state index in [9.17, 15) is 22.7 Å². The van der Waals surface area contributed by atoms with Crippen molar-refractivity contribution in [2.45, 2.75) is 18.4 Å². The van der Waals surface area contributed by atoms with Crippen molar-refractivity contribution in [3.05, 3.63) is 59.9 Å². The third-order valence-electron chi connectivity index (χ3n) is 3.55. The number of benzene rings is 2. The van der Waals surface area contributed by atoms with E-state index < -0.39 is 18.4 Å². The van der Waals surface area contributed by atoms with Gasteiger partial charge in [-0.3, -0.25) is 0 Å². The van der Waals surface area contributed by atoms with Crippen molar-refractivity contribution in [3.63, 3.8) is 0 Å². The molecule has 0 radical (unpaired) electrons. The molecular formula is C16H11F4NO2. The summed E-state index contributed by atoms with van der Waals surface area (Å²) in [5.41, 5.74) is 1.97. The van der Waals surface area contributed by atoms with Crippen LogP contribution in [0.1, 0.15) is 12.0 Å². The van der Waals surface area contributed by atoms with Gasteiger partial charge in [-0.05, 0) is 28.8 Å². The Morgan fingerprint density at radius 3 is 1.87 bits per heavy atom. The summed E-state index contributed by atoms with van der Waals surface area (Å²) in [6, 6.07) is 12.3. The SMILES string of the molecule is OC1(C(F)(F)F)CC(c2ccc(-c3ccc(F)cc3)cc2)=NO1. The van der Waals surface area contributed by atoms with E-state index in [4.69, 9.17) is 0 Å². The van der Waals surface area contributed by atoms with Crippen LogP contribution in [-0.4, -0.2) is 22.8 Å². The van der Waals surface area contributed by atoms with E-state index >= 15 is 0 Å². The fraction of sp³-hybridized carbons (Fsp3) is 0.188. The zero-order valence-corrected chi connectivity index (χ0v) is 11.6. The lowest BCUT2D eigenvalue weighted by molar-refractivity contribution is -0.355. The molecule has 3 nitrogen and oxygen atoms in total. The van der Waals surface area contributed by atoms with Crippen molar-refractivity contribution < 1.29 is 27.5 Å². The molecule has 120 valence electrons. The monoisotopic (exact) mass is 325 g/mol. The summed E-state index contributed by atoms with van der Waals surface area (Å²) in [5, 5.41) is 12.8. The summed E-state index contributed by atoms with van der Waals surface area (Å²) in [6.45, 7) is 0. The van der Waals surface area contributed by atoms with Gasteiger partial charge in [0.1, 0.15) is 5.82 Å². The molecule has 0 spiro atoms. The number of aliphatic hydroxyl groups is 1. The van der Waals surface area contributed by atoms with Crippen LogP contribution in [0.3, 0.4) is 0 Å². The number of oxime groups is 1. The second kappa shape index (κ2) is 5.34. The third kappa shape index (κ3) is 2.92. The Morgan fingerprint density at radius 1 is 0.913 bits per heavy atom. The quantitative estimate of drug-likeness (QED) is 0.852. The second-order valence-electron chi connectivity index (χ2n) is 5.17. The van der Waals surface area contributed by atoms with Crippen LogP contribution in [0.5, 0.6) is 0 Å². The molecule has 1 heterocycles. The highest BCUT2D eigenvalue weighted by Gasteiger charge is 2.60.